The smallest absolute Gasteiger partial charge is 0.277 e. The zero-order chi connectivity index (χ0) is 13.8. The first-order valence-corrected chi connectivity index (χ1v) is 5.72. The van der Waals surface area contributed by atoms with Crippen molar-refractivity contribution in [1.82, 2.24) is 4.98 Å². The van der Waals surface area contributed by atoms with Gasteiger partial charge in [-0.3, -0.25) is 10.1 Å². The molecule has 0 unspecified atom stereocenters. The second-order valence-corrected chi connectivity index (χ2v) is 4.69. The molecule has 0 aliphatic rings. The molecule has 0 saturated heterocycles. The van der Waals surface area contributed by atoms with Gasteiger partial charge in [-0.15, -0.1) is 0 Å². The van der Waals surface area contributed by atoms with Crippen LogP contribution >= 0.6 is 11.6 Å². The van der Waals surface area contributed by atoms with Gasteiger partial charge in [0.1, 0.15) is 5.15 Å². The first-order chi connectivity index (χ1) is 8.34. The number of hydrogen-bond acceptors (Lipinski definition) is 5. The van der Waals surface area contributed by atoms with Crippen LogP contribution < -0.4 is 4.74 Å². The van der Waals surface area contributed by atoms with Gasteiger partial charge >= 0.3 is 0 Å². The minimum absolute atomic E-state index is 0.0326. The third-order valence-corrected chi connectivity index (χ3v) is 2.67. The molecule has 18 heavy (non-hydrogen) atoms. The SMILES string of the molecule is COC(C)(C)CCOc1cc([N+](=O)[O-])cc(Cl)n1. The zero-order valence-electron chi connectivity index (χ0n) is 10.5. The van der Waals surface area contributed by atoms with Crippen LogP contribution in [0.2, 0.25) is 5.15 Å². The van der Waals surface area contributed by atoms with E-state index in [4.69, 9.17) is 21.1 Å². The molecule has 1 aromatic heterocycles. The molecule has 100 valence electrons. The van der Waals surface area contributed by atoms with Gasteiger partial charge in [-0.25, -0.2) is 4.98 Å². The number of halogens is 1. The number of nitrogens with zero attached hydrogens (tertiary/aromatic N) is 2. The molecule has 0 atom stereocenters. The van der Waals surface area contributed by atoms with Gasteiger partial charge in [-0.1, -0.05) is 11.6 Å². The molecule has 0 fully saturated rings. The van der Waals surface area contributed by atoms with Crippen molar-refractivity contribution < 1.29 is 14.4 Å². The van der Waals surface area contributed by atoms with Gasteiger partial charge in [0.05, 0.1) is 29.3 Å². The van der Waals surface area contributed by atoms with Crippen molar-refractivity contribution in [2.45, 2.75) is 25.9 Å². The fraction of sp³-hybridized carbons (Fsp3) is 0.545. The Morgan fingerprint density at radius 3 is 2.72 bits per heavy atom. The summed E-state index contributed by atoms with van der Waals surface area (Å²) in [6, 6.07) is 2.42. The maximum absolute atomic E-state index is 10.6. The Morgan fingerprint density at radius 2 is 2.17 bits per heavy atom. The molecule has 0 radical (unpaired) electrons. The van der Waals surface area contributed by atoms with Gasteiger partial charge in [0.25, 0.3) is 5.69 Å². The van der Waals surface area contributed by atoms with E-state index in [1.807, 2.05) is 13.8 Å². The van der Waals surface area contributed by atoms with Crippen LogP contribution in [0.4, 0.5) is 5.69 Å². The van der Waals surface area contributed by atoms with E-state index in [9.17, 15) is 10.1 Å². The van der Waals surface area contributed by atoms with Gasteiger partial charge in [-0.05, 0) is 13.8 Å². The van der Waals surface area contributed by atoms with Crippen LogP contribution in [0, 0.1) is 10.1 Å². The average molecular weight is 275 g/mol. The predicted molar refractivity (Wildman–Crippen MR) is 67.1 cm³/mol. The second kappa shape index (κ2) is 5.97. The fourth-order valence-corrected chi connectivity index (χ4v) is 1.34. The second-order valence-electron chi connectivity index (χ2n) is 4.31. The highest BCUT2D eigenvalue weighted by Crippen LogP contribution is 2.22. The van der Waals surface area contributed by atoms with Gasteiger partial charge in [0.2, 0.25) is 5.88 Å². The first-order valence-electron chi connectivity index (χ1n) is 5.34. The van der Waals surface area contributed by atoms with Crippen molar-refractivity contribution in [3.05, 3.63) is 27.4 Å². The maximum Gasteiger partial charge on any atom is 0.277 e. The normalized spacial score (nSPS) is 11.3. The van der Waals surface area contributed by atoms with E-state index in [1.165, 1.54) is 12.1 Å². The zero-order valence-corrected chi connectivity index (χ0v) is 11.2. The van der Waals surface area contributed by atoms with Gasteiger partial charge < -0.3 is 9.47 Å². The highest BCUT2D eigenvalue weighted by Gasteiger charge is 2.17. The van der Waals surface area contributed by atoms with E-state index in [2.05, 4.69) is 4.98 Å². The molecule has 0 aromatic carbocycles. The summed E-state index contributed by atoms with van der Waals surface area (Å²) in [5, 5.41) is 10.7. The van der Waals surface area contributed by atoms with Crippen LogP contribution in [-0.4, -0.2) is 29.2 Å². The van der Waals surface area contributed by atoms with Crippen LogP contribution in [0.3, 0.4) is 0 Å². The molecule has 1 aromatic rings. The van der Waals surface area contributed by atoms with Crippen molar-refractivity contribution in [1.29, 1.82) is 0 Å². The Kier molecular flexibility index (Phi) is 4.86. The third kappa shape index (κ3) is 4.46. The highest BCUT2D eigenvalue weighted by molar-refractivity contribution is 6.29. The van der Waals surface area contributed by atoms with Crippen molar-refractivity contribution >= 4 is 17.3 Å². The molecule has 0 bridgehead atoms. The Balaban J connectivity index is 2.65. The Bertz CT molecular complexity index is 437. The molecular formula is C11H15ClN2O4. The van der Waals surface area contributed by atoms with Crippen LogP contribution in [0.25, 0.3) is 0 Å². The summed E-state index contributed by atoms with van der Waals surface area (Å²) in [6.45, 7) is 4.18. The standard InChI is InChI=1S/C11H15ClN2O4/c1-11(2,17-3)4-5-18-10-7-8(14(15)16)6-9(12)13-10/h6-7H,4-5H2,1-3H3. The fourth-order valence-electron chi connectivity index (χ4n) is 1.14. The topological polar surface area (TPSA) is 74.5 Å². The monoisotopic (exact) mass is 274 g/mol. The Morgan fingerprint density at radius 1 is 1.50 bits per heavy atom. The van der Waals surface area contributed by atoms with Crippen LogP contribution in [-0.2, 0) is 4.74 Å². The number of pyridine rings is 1. The lowest BCUT2D eigenvalue weighted by Crippen LogP contribution is -2.25. The third-order valence-electron chi connectivity index (χ3n) is 2.47. The minimum atomic E-state index is -0.542. The van der Waals surface area contributed by atoms with Crippen molar-refractivity contribution in [3.8, 4) is 5.88 Å². The van der Waals surface area contributed by atoms with E-state index in [0.717, 1.165) is 0 Å². The largest absolute Gasteiger partial charge is 0.477 e. The maximum atomic E-state index is 10.6. The number of methoxy groups -OCH3 is 1. The summed E-state index contributed by atoms with van der Waals surface area (Å²) >= 11 is 5.67. The van der Waals surface area contributed by atoms with E-state index in [-0.39, 0.29) is 22.3 Å². The molecule has 6 nitrogen and oxygen atoms in total. The summed E-state index contributed by atoms with van der Waals surface area (Å²) in [4.78, 5) is 13.9. The minimum Gasteiger partial charge on any atom is -0.477 e. The van der Waals surface area contributed by atoms with Crippen LogP contribution in [0.15, 0.2) is 12.1 Å². The molecule has 1 rings (SSSR count). The summed E-state index contributed by atoms with van der Waals surface area (Å²) in [6.07, 6.45) is 0.630. The molecule has 0 N–H and O–H groups in total. The molecule has 0 amide bonds. The molecule has 1 heterocycles. The summed E-state index contributed by atoms with van der Waals surface area (Å²) in [5.74, 6) is 0.140. The van der Waals surface area contributed by atoms with E-state index >= 15 is 0 Å². The lowest BCUT2D eigenvalue weighted by molar-refractivity contribution is -0.385. The Hall–Kier alpha value is -1.40. The number of nitro groups is 1. The van der Waals surface area contributed by atoms with Crippen molar-refractivity contribution in [2.24, 2.45) is 0 Å². The molecule has 0 aliphatic heterocycles. The molecule has 7 heteroatoms. The van der Waals surface area contributed by atoms with Gasteiger partial charge in [-0.2, -0.15) is 0 Å². The van der Waals surface area contributed by atoms with Crippen LogP contribution in [0.1, 0.15) is 20.3 Å². The number of hydrogen-bond donors (Lipinski definition) is 0. The highest BCUT2D eigenvalue weighted by atomic mass is 35.5. The van der Waals surface area contributed by atoms with Gasteiger partial charge in [0, 0.05) is 13.5 Å². The summed E-state index contributed by atoms with van der Waals surface area (Å²) < 4.78 is 10.6. The van der Waals surface area contributed by atoms with Crippen molar-refractivity contribution in [2.75, 3.05) is 13.7 Å². The summed E-state index contributed by atoms with van der Waals surface area (Å²) in [5.41, 5.74) is -0.458. The summed E-state index contributed by atoms with van der Waals surface area (Å²) in [7, 11) is 1.61. The van der Waals surface area contributed by atoms with Gasteiger partial charge in [0.15, 0.2) is 0 Å². The number of aromatic nitrogens is 1. The van der Waals surface area contributed by atoms with Crippen molar-refractivity contribution in [3.63, 3.8) is 0 Å². The predicted octanol–water partition coefficient (Wildman–Crippen LogP) is 2.84. The van der Waals surface area contributed by atoms with E-state index in [0.29, 0.717) is 13.0 Å². The quantitative estimate of drug-likeness (QED) is 0.453. The molecule has 0 spiro atoms. The number of ether oxygens (including phenoxy) is 2. The Labute approximate surface area is 110 Å². The van der Waals surface area contributed by atoms with E-state index in [1.54, 1.807) is 7.11 Å². The number of rotatable bonds is 6. The first kappa shape index (κ1) is 14.7. The molecular weight excluding hydrogens is 260 g/mol. The van der Waals surface area contributed by atoms with Crippen LogP contribution in [0.5, 0.6) is 5.88 Å². The van der Waals surface area contributed by atoms with E-state index < -0.39 is 4.92 Å². The molecule has 0 saturated carbocycles. The average Bonchev–Trinajstić information content (AvgIpc) is 2.28. The molecule has 0 aliphatic carbocycles. The lowest BCUT2D eigenvalue weighted by atomic mass is 10.1. The lowest BCUT2D eigenvalue weighted by Gasteiger charge is -2.22.